The normalized spacial score (nSPS) is 14.3. The van der Waals surface area contributed by atoms with Gasteiger partial charge in [0.2, 0.25) is 5.91 Å². The number of amides is 2. The Kier molecular flexibility index (Phi) is 5.26. The lowest BCUT2D eigenvalue weighted by Crippen LogP contribution is -2.26. The van der Waals surface area contributed by atoms with E-state index in [1.165, 1.54) is 11.3 Å². The van der Waals surface area contributed by atoms with Crippen molar-refractivity contribution in [2.75, 3.05) is 5.32 Å². The number of hydrogen-bond acceptors (Lipinski definition) is 3. The van der Waals surface area contributed by atoms with Crippen LogP contribution in [0.2, 0.25) is 0 Å². The van der Waals surface area contributed by atoms with Crippen LogP contribution >= 0.6 is 11.3 Å². The van der Waals surface area contributed by atoms with Gasteiger partial charge in [-0.05, 0) is 54.5 Å². The number of benzene rings is 2. The van der Waals surface area contributed by atoms with Crippen LogP contribution in [0.3, 0.4) is 0 Å². The molecule has 4 rings (SSSR count). The van der Waals surface area contributed by atoms with Crippen LogP contribution in [0.1, 0.15) is 41.0 Å². The van der Waals surface area contributed by atoms with Crippen LogP contribution in [0.25, 0.3) is 11.1 Å². The minimum Gasteiger partial charge on any atom is -0.345 e. The van der Waals surface area contributed by atoms with Gasteiger partial charge in [0.15, 0.2) is 0 Å². The molecule has 1 unspecified atom stereocenters. The predicted octanol–water partition coefficient (Wildman–Crippen LogP) is 5.25. The summed E-state index contributed by atoms with van der Waals surface area (Å²) < 4.78 is 0. The third-order valence-electron chi connectivity index (χ3n) is 4.93. The third kappa shape index (κ3) is 4.15. The Labute approximate surface area is 168 Å². The van der Waals surface area contributed by atoms with E-state index < -0.39 is 0 Å². The summed E-state index contributed by atoms with van der Waals surface area (Å²) in [5.41, 5.74) is 3.78. The van der Waals surface area contributed by atoms with Gasteiger partial charge in [0, 0.05) is 17.2 Å². The zero-order valence-corrected chi connectivity index (χ0v) is 16.5. The summed E-state index contributed by atoms with van der Waals surface area (Å²) in [6.45, 7) is 1.96. The highest BCUT2D eigenvalue weighted by Gasteiger charge is 2.29. The summed E-state index contributed by atoms with van der Waals surface area (Å²) in [6, 6.07) is 19.4. The van der Waals surface area contributed by atoms with E-state index in [0.29, 0.717) is 4.88 Å². The quantitative estimate of drug-likeness (QED) is 0.603. The van der Waals surface area contributed by atoms with Crippen molar-refractivity contribution >= 4 is 28.8 Å². The number of carbonyl (C=O) groups is 2. The molecule has 1 atom stereocenters. The second-order valence-corrected chi connectivity index (χ2v) is 8.03. The molecule has 0 radical (unpaired) electrons. The van der Waals surface area contributed by atoms with E-state index in [4.69, 9.17) is 0 Å². The molecule has 3 aromatic rings. The van der Waals surface area contributed by atoms with E-state index in [1.807, 2.05) is 73.0 Å². The topological polar surface area (TPSA) is 58.2 Å². The fraction of sp³-hybridized carbons (Fsp3) is 0.217. The molecule has 1 saturated carbocycles. The van der Waals surface area contributed by atoms with Crippen molar-refractivity contribution in [3.63, 3.8) is 0 Å². The molecule has 0 saturated heterocycles. The maximum absolute atomic E-state index is 12.8. The molecule has 1 heterocycles. The van der Waals surface area contributed by atoms with Gasteiger partial charge in [0.05, 0.1) is 10.9 Å². The Morgan fingerprint density at radius 2 is 1.71 bits per heavy atom. The molecule has 1 fully saturated rings. The lowest BCUT2D eigenvalue weighted by molar-refractivity contribution is -0.117. The molecule has 142 valence electrons. The van der Waals surface area contributed by atoms with Gasteiger partial charge in [-0.3, -0.25) is 9.59 Å². The second-order valence-electron chi connectivity index (χ2n) is 7.11. The van der Waals surface area contributed by atoms with Crippen LogP contribution in [-0.4, -0.2) is 11.8 Å². The van der Waals surface area contributed by atoms with E-state index in [0.717, 1.165) is 35.2 Å². The van der Waals surface area contributed by atoms with Gasteiger partial charge in [-0.1, -0.05) is 42.5 Å². The van der Waals surface area contributed by atoms with E-state index in [-0.39, 0.29) is 23.8 Å². The number of anilines is 1. The summed E-state index contributed by atoms with van der Waals surface area (Å²) in [4.78, 5) is 25.4. The van der Waals surface area contributed by atoms with E-state index in [2.05, 4.69) is 10.6 Å². The summed E-state index contributed by atoms with van der Waals surface area (Å²) in [6.07, 6.45) is 1.97. The van der Waals surface area contributed by atoms with Crippen LogP contribution < -0.4 is 10.6 Å². The Morgan fingerprint density at radius 1 is 1.00 bits per heavy atom. The van der Waals surface area contributed by atoms with Crippen LogP contribution in [-0.2, 0) is 4.79 Å². The molecule has 5 heteroatoms. The molecule has 2 aromatic carbocycles. The number of carbonyl (C=O) groups excluding carboxylic acids is 2. The largest absolute Gasteiger partial charge is 0.345 e. The predicted molar refractivity (Wildman–Crippen MR) is 113 cm³/mol. The fourth-order valence-electron chi connectivity index (χ4n) is 3.12. The van der Waals surface area contributed by atoms with Gasteiger partial charge >= 0.3 is 0 Å². The Morgan fingerprint density at radius 3 is 2.39 bits per heavy atom. The van der Waals surface area contributed by atoms with Crippen LogP contribution in [0, 0.1) is 5.92 Å². The molecule has 1 aromatic heterocycles. The van der Waals surface area contributed by atoms with Crippen molar-refractivity contribution in [3.05, 3.63) is 76.5 Å². The lowest BCUT2D eigenvalue weighted by Gasteiger charge is -2.15. The van der Waals surface area contributed by atoms with Gasteiger partial charge in [-0.15, -0.1) is 11.3 Å². The van der Waals surface area contributed by atoms with E-state index >= 15 is 0 Å². The van der Waals surface area contributed by atoms with Gasteiger partial charge < -0.3 is 10.6 Å². The first-order valence-electron chi connectivity index (χ1n) is 9.46. The number of thiophene rings is 1. The average molecular weight is 391 g/mol. The summed E-state index contributed by atoms with van der Waals surface area (Å²) in [5, 5.41) is 7.96. The highest BCUT2D eigenvalue weighted by Crippen LogP contribution is 2.31. The standard InChI is InChI=1S/C23H22N2O2S/c1-15(16-9-11-19(12-10-16)25-22(26)18-7-8-18)24-23(27)21-20(13-14-28-21)17-5-3-2-4-6-17/h2-6,9-15,18H,7-8H2,1H3,(H,24,27)(H,25,26). The Balaban J connectivity index is 1.42. The molecule has 0 aliphatic heterocycles. The monoisotopic (exact) mass is 390 g/mol. The second kappa shape index (κ2) is 7.98. The molecule has 4 nitrogen and oxygen atoms in total. The molecule has 1 aliphatic rings. The summed E-state index contributed by atoms with van der Waals surface area (Å²) in [5.74, 6) is 0.204. The molecule has 2 N–H and O–H groups in total. The number of nitrogens with one attached hydrogen (secondary N) is 2. The summed E-state index contributed by atoms with van der Waals surface area (Å²) >= 11 is 1.45. The van der Waals surface area contributed by atoms with Crippen molar-refractivity contribution in [1.29, 1.82) is 0 Å². The van der Waals surface area contributed by atoms with E-state index in [1.54, 1.807) is 0 Å². The zero-order valence-electron chi connectivity index (χ0n) is 15.6. The molecule has 0 bridgehead atoms. The smallest absolute Gasteiger partial charge is 0.262 e. The number of rotatable bonds is 6. The minimum atomic E-state index is -0.133. The fourth-order valence-corrected chi connectivity index (χ4v) is 3.94. The third-order valence-corrected chi connectivity index (χ3v) is 5.84. The first-order chi connectivity index (χ1) is 13.6. The molecular weight excluding hydrogens is 368 g/mol. The highest BCUT2D eigenvalue weighted by atomic mass is 32.1. The number of hydrogen-bond donors (Lipinski definition) is 2. The van der Waals surface area contributed by atoms with Crippen LogP contribution in [0.15, 0.2) is 66.0 Å². The highest BCUT2D eigenvalue weighted by molar-refractivity contribution is 7.12. The average Bonchev–Trinajstić information content (AvgIpc) is 3.45. The Bertz CT molecular complexity index is 975. The molecule has 2 amide bonds. The minimum absolute atomic E-state index is 0.0764. The van der Waals surface area contributed by atoms with Crippen molar-refractivity contribution in [3.8, 4) is 11.1 Å². The van der Waals surface area contributed by atoms with E-state index in [9.17, 15) is 9.59 Å². The lowest BCUT2D eigenvalue weighted by atomic mass is 10.1. The van der Waals surface area contributed by atoms with Gasteiger partial charge in [-0.2, -0.15) is 0 Å². The maximum Gasteiger partial charge on any atom is 0.262 e. The SMILES string of the molecule is CC(NC(=O)c1sccc1-c1ccccc1)c1ccc(NC(=O)C2CC2)cc1. The molecular formula is C23H22N2O2S. The maximum atomic E-state index is 12.8. The first-order valence-corrected chi connectivity index (χ1v) is 10.3. The van der Waals surface area contributed by atoms with Crippen molar-refractivity contribution in [2.45, 2.75) is 25.8 Å². The molecule has 0 spiro atoms. The van der Waals surface area contributed by atoms with Gasteiger partial charge in [0.25, 0.3) is 5.91 Å². The molecule has 1 aliphatic carbocycles. The first kappa shape index (κ1) is 18.4. The van der Waals surface area contributed by atoms with Crippen LogP contribution in [0.5, 0.6) is 0 Å². The zero-order chi connectivity index (χ0) is 19.5. The van der Waals surface area contributed by atoms with Gasteiger partial charge in [-0.25, -0.2) is 0 Å². The van der Waals surface area contributed by atoms with Gasteiger partial charge in [0.1, 0.15) is 0 Å². The molecule has 28 heavy (non-hydrogen) atoms. The van der Waals surface area contributed by atoms with Crippen molar-refractivity contribution < 1.29 is 9.59 Å². The van der Waals surface area contributed by atoms with Crippen molar-refractivity contribution in [1.82, 2.24) is 5.32 Å². The van der Waals surface area contributed by atoms with Crippen molar-refractivity contribution in [2.24, 2.45) is 5.92 Å². The Hall–Kier alpha value is -2.92. The summed E-state index contributed by atoms with van der Waals surface area (Å²) in [7, 11) is 0. The van der Waals surface area contributed by atoms with Crippen LogP contribution in [0.4, 0.5) is 5.69 Å².